The number of nitrogens with one attached hydrogen (secondary N) is 1. The molecule has 0 spiro atoms. The standard InChI is InChI=1S/C13H16F2N2O3/c1-19-9-5-10(14)13(11(15)6-9)8-4-12(16-7-8)17-20-3-2-18/h5-6,8,18H,2-4,7H2,1H3,(H,16,17)/t8-/m0/s1. The number of aliphatic imine (C=N–C) groups is 1. The van der Waals surface area contributed by atoms with Crippen LogP contribution in [0.15, 0.2) is 17.1 Å². The maximum atomic E-state index is 13.9. The number of aliphatic hydroxyl groups excluding tert-OH is 1. The molecule has 0 saturated heterocycles. The van der Waals surface area contributed by atoms with Crippen LogP contribution in [0.1, 0.15) is 17.9 Å². The third-order valence-electron chi connectivity index (χ3n) is 3.02. The number of ether oxygens (including phenoxy) is 1. The Labute approximate surface area is 115 Å². The second-order valence-electron chi connectivity index (χ2n) is 4.37. The molecule has 1 aliphatic heterocycles. The summed E-state index contributed by atoms with van der Waals surface area (Å²) < 4.78 is 32.7. The van der Waals surface area contributed by atoms with E-state index in [9.17, 15) is 8.78 Å². The summed E-state index contributed by atoms with van der Waals surface area (Å²) in [5, 5.41) is 8.58. The molecular formula is C13H16F2N2O3. The molecule has 1 aliphatic rings. The van der Waals surface area contributed by atoms with Gasteiger partial charge in [-0.3, -0.25) is 15.3 Å². The van der Waals surface area contributed by atoms with Crippen LogP contribution in [0.4, 0.5) is 8.78 Å². The van der Waals surface area contributed by atoms with Crippen LogP contribution in [0.25, 0.3) is 0 Å². The van der Waals surface area contributed by atoms with Gasteiger partial charge in [0.05, 0.1) is 20.3 Å². The van der Waals surface area contributed by atoms with Crippen LogP contribution >= 0.6 is 0 Å². The van der Waals surface area contributed by atoms with Gasteiger partial charge in [-0.25, -0.2) is 8.78 Å². The van der Waals surface area contributed by atoms with Gasteiger partial charge in [-0.15, -0.1) is 0 Å². The highest BCUT2D eigenvalue weighted by Gasteiger charge is 2.27. The summed E-state index contributed by atoms with van der Waals surface area (Å²) >= 11 is 0. The molecule has 110 valence electrons. The minimum Gasteiger partial charge on any atom is -0.497 e. The van der Waals surface area contributed by atoms with Crippen LogP contribution in [0.5, 0.6) is 5.75 Å². The number of aliphatic hydroxyl groups is 1. The number of amidine groups is 1. The monoisotopic (exact) mass is 286 g/mol. The molecular weight excluding hydrogens is 270 g/mol. The van der Waals surface area contributed by atoms with E-state index in [2.05, 4.69) is 10.5 Å². The number of rotatable bonds is 5. The SMILES string of the molecule is COc1cc(F)c([C@@H]2CN=C(NOCCO)C2)c(F)c1. The Kier molecular flexibility index (Phi) is 4.86. The average Bonchev–Trinajstić information content (AvgIpc) is 2.86. The zero-order chi connectivity index (χ0) is 14.5. The van der Waals surface area contributed by atoms with Gasteiger partial charge in [0.1, 0.15) is 23.2 Å². The van der Waals surface area contributed by atoms with E-state index < -0.39 is 11.6 Å². The van der Waals surface area contributed by atoms with Crippen molar-refractivity contribution in [2.75, 3.05) is 26.9 Å². The second-order valence-corrected chi connectivity index (χ2v) is 4.37. The highest BCUT2D eigenvalue weighted by atomic mass is 19.1. The van der Waals surface area contributed by atoms with Gasteiger partial charge in [-0.1, -0.05) is 0 Å². The molecule has 7 heteroatoms. The van der Waals surface area contributed by atoms with Crippen molar-refractivity contribution in [3.05, 3.63) is 29.3 Å². The van der Waals surface area contributed by atoms with Gasteiger partial charge in [0.2, 0.25) is 0 Å². The Morgan fingerprint density at radius 1 is 1.40 bits per heavy atom. The number of hydrogen-bond acceptors (Lipinski definition) is 5. The first-order valence-corrected chi connectivity index (χ1v) is 6.20. The van der Waals surface area contributed by atoms with E-state index in [1.165, 1.54) is 7.11 Å². The third-order valence-corrected chi connectivity index (χ3v) is 3.02. The van der Waals surface area contributed by atoms with Crippen molar-refractivity contribution in [2.45, 2.75) is 12.3 Å². The molecule has 1 aromatic rings. The van der Waals surface area contributed by atoms with Gasteiger partial charge in [-0.05, 0) is 0 Å². The van der Waals surface area contributed by atoms with Crippen molar-refractivity contribution < 1.29 is 23.5 Å². The highest BCUT2D eigenvalue weighted by molar-refractivity contribution is 5.83. The summed E-state index contributed by atoms with van der Waals surface area (Å²) in [6.45, 7) is 0.283. The molecule has 1 heterocycles. The van der Waals surface area contributed by atoms with Crippen molar-refractivity contribution in [1.29, 1.82) is 0 Å². The van der Waals surface area contributed by atoms with E-state index in [1.807, 2.05) is 0 Å². The number of methoxy groups -OCH3 is 1. The number of hydroxylamine groups is 1. The van der Waals surface area contributed by atoms with Crippen molar-refractivity contribution in [3.8, 4) is 5.75 Å². The lowest BCUT2D eigenvalue weighted by molar-refractivity contribution is 0.0525. The van der Waals surface area contributed by atoms with Crippen molar-refractivity contribution in [1.82, 2.24) is 5.48 Å². The molecule has 0 amide bonds. The summed E-state index contributed by atoms with van der Waals surface area (Å²) in [7, 11) is 1.35. The Balaban J connectivity index is 2.04. The molecule has 0 bridgehead atoms. The number of hydrogen-bond donors (Lipinski definition) is 2. The Morgan fingerprint density at radius 3 is 2.70 bits per heavy atom. The smallest absolute Gasteiger partial charge is 0.133 e. The maximum Gasteiger partial charge on any atom is 0.133 e. The predicted octanol–water partition coefficient (Wildman–Crippen LogP) is 1.37. The molecule has 0 unspecified atom stereocenters. The summed E-state index contributed by atoms with van der Waals surface area (Å²) in [4.78, 5) is 9.03. The molecule has 20 heavy (non-hydrogen) atoms. The summed E-state index contributed by atoms with van der Waals surface area (Å²) in [6, 6.07) is 2.32. The highest BCUT2D eigenvalue weighted by Crippen LogP contribution is 2.31. The zero-order valence-corrected chi connectivity index (χ0v) is 11.0. The maximum absolute atomic E-state index is 13.9. The Hall–Kier alpha value is -1.73. The van der Waals surface area contributed by atoms with Crippen LogP contribution in [-0.2, 0) is 4.84 Å². The second kappa shape index (κ2) is 6.62. The fraction of sp³-hybridized carbons (Fsp3) is 0.462. The van der Waals surface area contributed by atoms with Crippen molar-refractivity contribution >= 4 is 5.84 Å². The molecule has 0 fully saturated rings. The van der Waals surface area contributed by atoms with Gasteiger partial charge in [0.25, 0.3) is 0 Å². The van der Waals surface area contributed by atoms with E-state index in [0.29, 0.717) is 12.3 Å². The normalized spacial score (nSPS) is 18.0. The van der Waals surface area contributed by atoms with E-state index in [0.717, 1.165) is 12.1 Å². The fourth-order valence-corrected chi connectivity index (χ4v) is 2.10. The first-order valence-electron chi connectivity index (χ1n) is 6.20. The Morgan fingerprint density at radius 2 is 2.10 bits per heavy atom. The number of benzene rings is 1. The molecule has 0 radical (unpaired) electrons. The molecule has 0 aliphatic carbocycles. The topological polar surface area (TPSA) is 63.1 Å². The van der Waals surface area contributed by atoms with Crippen LogP contribution in [-0.4, -0.2) is 37.8 Å². The zero-order valence-electron chi connectivity index (χ0n) is 11.0. The van der Waals surface area contributed by atoms with Gasteiger partial charge in [-0.2, -0.15) is 0 Å². The molecule has 0 saturated carbocycles. The van der Waals surface area contributed by atoms with Gasteiger partial charge in [0, 0.05) is 36.6 Å². The van der Waals surface area contributed by atoms with E-state index in [1.54, 1.807) is 0 Å². The van der Waals surface area contributed by atoms with Crippen LogP contribution in [0, 0.1) is 11.6 Å². The van der Waals surface area contributed by atoms with Crippen molar-refractivity contribution in [3.63, 3.8) is 0 Å². The van der Waals surface area contributed by atoms with E-state index in [4.69, 9.17) is 14.7 Å². The van der Waals surface area contributed by atoms with Crippen LogP contribution < -0.4 is 10.2 Å². The first-order chi connectivity index (χ1) is 9.65. The quantitative estimate of drug-likeness (QED) is 0.634. The molecule has 1 atom stereocenters. The van der Waals surface area contributed by atoms with Gasteiger partial charge >= 0.3 is 0 Å². The molecule has 2 N–H and O–H groups in total. The lowest BCUT2D eigenvalue weighted by Crippen LogP contribution is -2.24. The van der Waals surface area contributed by atoms with Crippen LogP contribution in [0.3, 0.4) is 0 Å². The number of halogens is 2. The summed E-state index contributed by atoms with van der Waals surface area (Å²) in [5.74, 6) is -0.995. The number of nitrogens with zero attached hydrogens (tertiary/aromatic N) is 1. The van der Waals surface area contributed by atoms with E-state index >= 15 is 0 Å². The van der Waals surface area contributed by atoms with Crippen molar-refractivity contribution in [2.24, 2.45) is 4.99 Å². The summed E-state index contributed by atoms with van der Waals surface area (Å²) in [5.41, 5.74) is 2.57. The minimum atomic E-state index is -0.639. The largest absolute Gasteiger partial charge is 0.497 e. The molecule has 0 aromatic heterocycles. The van der Waals surface area contributed by atoms with E-state index in [-0.39, 0.29) is 37.0 Å². The predicted molar refractivity (Wildman–Crippen MR) is 68.7 cm³/mol. The summed E-state index contributed by atoms with van der Waals surface area (Å²) in [6.07, 6.45) is 0.353. The Bertz CT molecular complexity index is 485. The first kappa shape index (κ1) is 14.7. The third kappa shape index (κ3) is 3.23. The van der Waals surface area contributed by atoms with Gasteiger partial charge < -0.3 is 9.84 Å². The lowest BCUT2D eigenvalue weighted by atomic mass is 9.96. The molecule has 5 nitrogen and oxygen atoms in total. The minimum absolute atomic E-state index is 0.00788. The molecule has 1 aromatic carbocycles. The molecule has 2 rings (SSSR count). The average molecular weight is 286 g/mol. The van der Waals surface area contributed by atoms with Crippen LogP contribution in [0.2, 0.25) is 0 Å². The lowest BCUT2D eigenvalue weighted by Gasteiger charge is -2.13. The fourth-order valence-electron chi connectivity index (χ4n) is 2.10. The van der Waals surface area contributed by atoms with Gasteiger partial charge in [0.15, 0.2) is 0 Å².